The quantitative estimate of drug-likeness (QED) is 0.528. The van der Waals surface area contributed by atoms with Crippen LogP contribution >= 0.6 is 0 Å². The average Bonchev–Trinajstić information content (AvgIpc) is 2.56. The van der Waals surface area contributed by atoms with Gasteiger partial charge in [0.1, 0.15) is 0 Å². The van der Waals surface area contributed by atoms with E-state index in [0.29, 0.717) is 0 Å². The molecule has 2 nitrogen and oxygen atoms in total. The van der Waals surface area contributed by atoms with Gasteiger partial charge >= 0.3 is 0 Å². The Morgan fingerprint density at radius 3 is 3.15 bits per heavy atom. The Bertz CT molecular complexity index is 389. The molecular weight excluding hydrogens is 160 g/mol. The van der Waals surface area contributed by atoms with Crippen LogP contribution in [0.1, 0.15) is 0 Å². The highest BCUT2D eigenvalue weighted by molar-refractivity contribution is 6.17. The van der Waals surface area contributed by atoms with E-state index in [-0.39, 0.29) is 5.41 Å². The van der Waals surface area contributed by atoms with Crippen molar-refractivity contribution >= 4 is 11.9 Å². The predicted octanol–water partition coefficient (Wildman–Crippen LogP) is 2.04. The molecule has 0 aromatic carbocycles. The lowest BCUT2D eigenvalue weighted by Crippen LogP contribution is -2.30. The lowest BCUT2D eigenvalue weighted by Gasteiger charge is -2.27. The molecule has 0 radical (unpaired) electrons. The van der Waals surface area contributed by atoms with Gasteiger partial charge in [-0.05, 0) is 17.7 Å². The fourth-order valence-corrected chi connectivity index (χ4v) is 1.87. The molecule has 0 saturated heterocycles. The molecular formula is C11H8N2. The molecule has 0 aromatic rings. The van der Waals surface area contributed by atoms with Gasteiger partial charge in [0.2, 0.25) is 0 Å². The van der Waals surface area contributed by atoms with Gasteiger partial charge in [0.25, 0.3) is 0 Å². The molecule has 3 aliphatic rings. The van der Waals surface area contributed by atoms with Crippen LogP contribution in [0.15, 0.2) is 58.3 Å². The van der Waals surface area contributed by atoms with E-state index in [2.05, 4.69) is 16.1 Å². The largest absolute Gasteiger partial charge is 0.267 e. The smallest absolute Gasteiger partial charge is 0.0925 e. The average molecular weight is 168 g/mol. The van der Waals surface area contributed by atoms with E-state index < -0.39 is 0 Å². The summed E-state index contributed by atoms with van der Waals surface area (Å²) in [6.07, 6.45) is 15.9. The summed E-state index contributed by atoms with van der Waals surface area (Å²) >= 11 is 0. The van der Waals surface area contributed by atoms with E-state index in [1.54, 1.807) is 0 Å². The SMILES string of the molecule is C1=CC2=NC=C3C=CN=CC32C=C1. The monoisotopic (exact) mass is 168 g/mol. The van der Waals surface area contributed by atoms with Crippen LogP contribution in [0, 0.1) is 5.41 Å². The first-order valence-electron chi connectivity index (χ1n) is 4.27. The standard InChI is InChI=1S/C11H8N2/c1-2-5-11-8-12-6-4-9(11)7-13-10(11)3-1/h1-8H. The summed E-state index contributed by atoms with van der Waals surface area (Å²) in [5, 5.41) is 0. The molecule has 0 saturated carbocycles. The van der Waals surface area contributed by atoms with E-state index in [1.165, 1.54) is 5.57 Å². The van der Waals surface area contributed by atoms with Gasteiger partial charge < -0.3 is 0 Å². The summed E-state index contributed by atoms with van der Waals surface area (Å²) in [4.78, 5) is 8.55. The number of aliphatic imine (C=N–C) groups is 2. The maximum Gasteiger partial charge on any atom is 0.0925 e. The van der Waals surface area contributed by atoms with Gasteiger partial charge in [-0.25, -0.2) is 0 Å². The van der Waals surface area contributed by atoms with Gasteiger partial charge in [0, 0.05) is 18.6 Å². The zero-order valence-corrected chi connectivity index (χ0v) is 7.01. The van der Waals surface area contributed by atoms with E-state index in [1.807, 2.05) is 42.9 Å². The first-order chi connectivity index (χ1) is 6.42. The molecule has 0 N–H and O–H groups in total. The fourth-order valence-electron chi connectivity index (χ4n) is 1.87. The highest BCUT2D eigenvalue weighted by atomic mass is 14.8. The first kappa shape index (κ1) is 6.78. The normalized spacial score (nSPS) is 32.6. The number of hydrogen-bond acceptors (Lipinski definition) is 2. The van der Waals surface area contributed by atoms with Crippen molar-refractivity contribution in [2.75, 3.05) is 0 Å². The van der Waals surface area contributed by atoms with E-state index in [4.69, 9.17) is 0 Å². The first-order valence-corrected chi connectivity index (χ1v) is 4.27. The molecule has 2 heterocycles. The minimum atomic E-state index is -0.149. The summed E-state index contributed by atoms with van der Waals surface area (Å²) in [6, 6.07) is 0. The van der Waals surface area contributed by atoms with Crippen LogP contribution in [0.3, 0.4) is 0 Å². The third kappa shape index (κ3) is 0.724. The predicted molar refractivity (Wildman–Crippen MR) is 53.9 cm³/mol. The molecule has 0 amide bonds. The number of rotatable bonds is 0. The summed E-state index contributed by atoms with van der Waals surface area (Å²) in [6.45, 7) is 0. The second-order valence-electron chi connectivity index (χ2n) is 3.28. The highest BCUT2D eigenvalue weighted by Gasteiger charge is 2.38. The molecule has 1 unspecified atom stereocenters. The zero-order chi connectivity index (χ0) is 8.73. The lowest BCUT2D eigenvalue weighted by atomic mass is 9.75. The number of hydrogen-bond donors (Lipinski definition) is 0. The number of nitrogens with zero attached hydrogens (tertiary/aromatic N) is 2. The van der Waals surface area contributed by atoms with Crippen molar-refractivity contribution in [3.63, 3.8) is 0 Å². The Labute approximate surface area is 76.4 Å². The molecule has 1 spiro atoms. The Hall–Kier alpha value is -1.70. The van der Waals surface area contributed by atoms with E-state index in [9.17, 15) is 0 Å². The minimum Gasteiger partial charge on any atom is -0.267 e. The van der Waals surface area contributed by atoms with Gasteiger partial charge in [0.05, 0.1) is 11.1 Å². The van der Waals surface area contributed by atoms with Crippen molar-refractivity contribution < 1.29 is 0 Å². The lowest BCUT2D eigenvalue weighted by molar-refractivity contribution is 0.922. The molecule has 1 atom stereocenters. The molecule has 3 rings (SSSR count). The van der Waals surface area contributed by atoms with Crippen LogP contribution in [0.2, 0.25) is 0 Å². The summed E-state index contributed by atoms with van der Waals surface area (Å²) < 4.78 is 0. The van der Waals surface area contributed by atoms with Crippen LogP contribution in [-0.2, 0) is 0 Å². The fraction of sp³-hybridized carbons (Fsp3) is 0.0909. The van der Waals surface area contributed by atoms with Gasteiger partial charge in [-0.1, -0.05) is 18.2 Å². The number of allylic oxidation sites excluding steroid dienone is 6. The van der Waals surface area contributed by atoms with Crippen molar-refractivity contribution in [1.82, 2.24) is 0 Å². The Morgan fingerprint density at radius 2 is 2.15 bits per heavy atom. The summed E-state index contributed by atoms with van der Waals surface area (Å²) in [7, 11) is 0. The molecule has 0 fully saturated rings. The highest BCUT2D eigenvalue weighted by Crippen LogP contribution is 2.38. The Kier molecular flexibility index (Phi) is 1.13. The van der Waals surface area contributed by atoms with Crippen LogP contribution < -0.4 is 0 Å². The molecule has 13 heavy (non-hydrogen) atoms. The van der Waals surface area contributed by atoms with Crippen molar-refractivity contribution in [1.29, 1.82) is 0 Å². The maximum absolute atomic E-state index is 4.37. The molecule has 2 aliphatic heterocycles. The van der Waals surface area contributed by atoms with Crippen molar-refractivity contribution in [2.24, 2.45) is 15.4 Å². The third-order valence-electron chi connectivity index (χ3n) is 2.59. The Balaban J connectivity index is 2.23. The van der Waals surface area contributed by atoms with E-state index in [0.717, 1.165) is 5.71 Å². The van der Waals surface area contributed by atoms with Gasteiger partial charge in [-0.15, -0.1) is 0 Å². The second kappa shape index (κ2) is 2.16. The summed E-state index contributed by atoms with van der Waals surface area (Å²) in [5.41, 5.74) is 2.12. The minimum absolute atomic E-state index is 0.149. The van der Waals surface area contributed by atoms with Crippen LogP contribution in [-0.4, -0.2) is 11.9 Å². The van der Waals surface area contributed by atoms with Crippen LogP contribution in [0.4, 0.5) is 0 Å². The van der Waals surface area contributed by atoms with Gasteiger partial charge in [0.15, 0.2) is 0 Å². The Morgan fingerprint density at radius 1 is 1.15 bits per heavy atom. The molecule has 0 aromatic heterocycles. The van der Waals surface area contributed by atoms with Crippen LogP contribution in [0.25, 0.3) is 0 Å². The maximum atomic E-state index is 4.37. The van der Waals surface area contributed by atoms with Crippen molar-refractivity contribution in [3.05, 3.63) is 48.4 Å². The molecule has 1 aliphatic carbocycles. The molecule has 62 valence electrons. The van der Waals surface area contributed by atoms with E-state index >= 15 is 0 Å². The topological polar surface area (TPSA) is 24.7 Å². The summed E-state index contributed by atoms with van der Waals surface area (Å²) in [5.74, 6) is 0. The van der Waals surface area contributed by atoms with Gasteiger partial charge in [-0.3, -0.25) is 9.98 Å². The van der Waals surface area contributed by atoms with Crippen molar-refractivity contribution in [2.45, 2.75) is 0 Å². The second-order valence-corrected chi connectivity index (χ2v) is 3.28. The van der Waals surface area contributed by atoms with Gasteiger partial charge in [-0.2, -0.15) is 0 Å². The molecule has 0 bridgehead atoms. The molecule has 2 heteroatoms. The zero-order valence-electron chi connectivity index (χ0n) is 7.01. The van der Waals surface area contributed by atoms with Crippen molar-refractivity contribution in [3.8, 4) is 0 Å². The third-order valence-corrected chi connectivity index (χ3v) is 2.59. The van der Waals surface area contributed by atoms with Crippen LogP contribution in [0.5, 0.6) is 0 Å².